The lowest BCUT2D eigenvalue weighted by molar-refractivity contribution is 0.0686. The Morgan fingerprint density at radius 1 is 1.15 bits per heavy atom. The minimum atomic E-state index is 0.163. The molecule has 0 unspecified atom stereocenters. The molecule has 1 saturated carbocycles. The van der Waals surface area contributed by atoms with Crippen molar-refractivity contribution in [3.63, 3.8) is 0 Å². The minimum absolute atomic E-state index is 0.163. The molecule has 1 saturated heterocycles. The minimum Gasteiger partial charge on any atom is -0.339 e. The molecule has 0 radical (unpaired) electrons. The summed E-state index contributed by atoms with van der Waals surface area (Å²) in [4.78, 5) is 19.2. The van der Waals surface area contributed by atoms with Crippen molar-refractivity contribution < 1.29 is 9.32 Å². The summed E-state index contributed by atoms with van der Waals surface area (Å²) in [7, 11) is 0. The Morgan fingerprint density at radius 3 is 2.48 bits per heavy atom. The van der Waals surface area contributed by atoms with E-state index in [2.05, 4.69) is 36.1 Å². The Hall–Kier alpha value is -2.17. The Kier molecular flexibility index (Phi) is 5.28. The van der Waals surface area contributed by atoms with Crippen LogP contribution in [0.2, 0.25) is 0 Å². The maximum Gasteiger partial charge on any atom is 0.253 e. The Balaban J connectivity index is 1.24. The molecule has 27 heavy (non-hydrogen) atoms. The van der Waals surface area contributed by atoms with E-state index in [0.717, 1.165) is 56.1 Å². The van der Waals surface area contributed by atoms with Crippen molar-refractivity contribution in [2.24, 2.45) is 5.92 Å². The number of carbonyl (C=O) groups is 1. The number of amides is 1. The molecule has 0 atom stereocenters. The number of benzene rings is 1. The van der Waals surface area contributed by atoms with Gasteiger partial charge in [-0.05, 0) is 61.6 Å². The van der Waals surface area contributed by atoms with Gasteiger partial charge in [0.15, 0.2) is 5.82 Å². The zero-order valence-electron chi connectivity index (χ0n) is 16.4. The molecule has 2 aliphatic rings. The van der Waals surface area contributed by atoms with Crippen LogP contribution in [0.15, 0.2) is 28.8 Å². The van der Waals surface area contributed by atoms with Crippen molar-refractivity contribution >= 4 is 5.91 Å². The number of rotatable bonds is 6. The molecular formula is C22H29N3O2. The van der Waals surface area contributed by atoms with Crippen molar-refractivity contribution in [1.82, 2.24) is 15.0 Å². The van der Waals surface area contributed by atoms with Crippen LogP contribution in [0.3, 0.4) is 0 Å². The van der Waals surface area contributed by atoms with Gasteiger partial charge in [-0.15, -0.1) is 0 Å². The van der Waals surface area contributed by atoms with Crippen molar-refractivity contribution in [3.8, 4) is 0 Å². The van der Waals surface area contributed by atoms with Gasteiger partial charge in [-0.1, -0.05) is 31.1 Å². The molecular weight excluding hydrogens is 338 g/mol. The lowest BCUT2D eigenvalue weighted by Gasteiger charge is -2.32. The van der Waals surface area contributed by atoms with E-state index in [1.54, 1.807) is 0 Å². The molecule has 2 heterocycles. The van der Waals surface area contributed by atoms with Gasteiger partial charge < -0.3 is 9.42 Å². The lowest BCUT2D eigenvalue weighted by Crippen LogP contribution is -2.38. The van der Waals surface area contributed by atoms with Gasteiger partial charge in [0.25, 0.3) is 5.91 Å². The monoisotopic (exact) mass is 367 g/mol. The number of aryl methyl sites for hydroxylation is 1. The molecule has 0 N–H and O–H groups in total. The van der Waals surface area contributed by atoms with E-state index < -0.39 is 0 Å². The van der Waals surface area contributed by atoms with E-state index in [-0.39, 0.29) is 5.91 Å². The number of carbonyl (C=O) groups excluding carboxylic acids is 1. The van der Waals surface area contributed by atoms with Gasteiger partial charge in [-0.25, -0.2) is 0 Å². The predicted octanol–water partition coefficient (Wildman–Crippen LogP) is 4.56. The first kappa shape index (κ1) is 18.2. The number of aromatic nitrogens is 2. The van der Waals surface area contributed by atoms with Gasteiger partial charge in [0, 0.05) is 31.0 Å². The molecule has 1 aliphatic carbocycles. The highest BCUT2D eigenvalue weighted by Gasteiger charge is 2.30. The van der Waals surface area contributed by atoms with Gasteiger partial charge >= 0.3 is 0 Å². The van der Waals surface area contributed by atoms with Gasteiger partial charge in [0.2, 0.25) is 5.89 Å². The second-order valence-electron chi connectivity index (χ2n) is 8.37. The van der Waals surface area contributed by atoms with E-state index in [9.17, 15) is 4.79 Å². The molecule has 1 aromatic heterocycles. The number of piperidine rings is 1. The fraction of sp³-hybridized carbons (Fsp3) is 0.591. The van der Waals surface area contributed by atoms with E-state index >= 15 is 0 Å². The zero-order chi connectivity index (χ0) is 18.8. The summed E-state index contributed by atoms with van der Waals surface area (Å²) >= 11 is 0. The van der Waals surface area contributed by atoms with Crippen molar-refractivity contribution in [1.29, 1.82) is 0 Å². The van der Waals surface area contributed by atoms with Gasteiger partial charge in [-0.3, -0.25) is 4.79 Å². The lowest BCUT2D eigenvalue weighted by atomic mass is 9.91. The van der Waals surface area contributed by atoms with E-state index in [4.69, 9.17) is 4.52 Å². The van der Waals surface area contributed by atoms with Crippen molar-refractivity contribution in [2.45, 2.75) is 64.2 Å². The van der Waals surface area contributed by atoms with Gasteiger partial charge in [-0.2, -0.15) is 4.98 Å². The molecule has 2 fully saturated rings. The molecule has 5 heteroatoms. The average Bonchev–Trinajstić information content (AvgIpc) is 3.44. The Bertz CT molecular complexity index is 769. The fourth-order valence-electron chi connectivity index (χ4n) is 3.82. The van der Waals surface area contributed by atoms with Crippen LogP contribution in [0.4, 0.5) is 0 Å². The highest BCUT2D eigenvalue weighted by molar-refractivity contribution is 5.94. The molecule has 0 spiro atoms. The molecule has 1 amide bonds. The number of hydrogen-bond donors (Lipinski definition) is 0. The first-order chi connectivity index (χ1) is 13.1. The van der Waals surface area contributed by atoms with Crippen molar-refractivity contribution in [3.05, 3.63) is 47.1 Å². The quantitative estimate of drug-likeness (QED) is 0.751. The maximum atomic E-state index is 12.7. The SMILES string of the molecule is CC(C)c1ccc(C(=O)N2CCC(CCc3noc(C4CC4)n3)CC2)cc1. The molecule has 2 aromatic rings. The van der Waals surface area contributed by atoms with Crippen LogP contribution in [0.25, 0.3) is 0 Å². The highest BCUT2D eigenvalue weighted by Crippen LogP contribution is 2.39. The zero-order valence-corrected chi connectivity index (χ0v) is 16.4. The first-order valence-corrected chi connectivity index (χ1v) is 10.3. The summed E-state index contributed by atoms with van der Waals surface area (Å²) in [6.07, 6.45) is 6.45. The van der Waals surface area contributed by atoms with Crippen LogP contribution in [0.1, 0.15) is 85.4 Å². The Labute approximate surface area is 161 Å². The predicted molar refractivity (Wildman–Crippen MR) is 104 cm³/mol. The summed E-state index contributed by atoms with van der Waals surface area (Å²) in [5.74, 6) is 3.49. The fourth-order valence-corrected chi connectivity index (χ4v) is 3.82. The van der Waals surface area contributed by atoms with Crippen LogP contribution in [-0.4, -0.2) is 34.0 Å². The second kappa shape index (κ2) is 7.83. The smallest absolute Gasteiger partial charge is 0.253 e. The number of nitrogens with zero attached hydrogens (tertiary/aromatic N) is 3. The number of likely N-dealkylation sites (tertiary alicyclic amines) is 1. The third kappa shape index (κ3) is 4.40. The summed E-state index contributed by atoms with van der Waals surface area (Å²) in [5.41, 5.74) is 2.08. The van der Waals surface area contributed by atoms with E-state index in [0.29, 0.717) is 17.8 Å². The average molecular weight is 367 g/mol. The maximum absolute atomic E-state index is 12.7. The highest BCUT2D eigenvalue weighted by atomic mass is 16.5. The molecule has 144 valence electrons. The van der Waals surface area contributed by atoms with Crippen LogP contribution in [0.5, 0.6) is 0 Å². The third-order valence-corrected chi connectivity index (χ3v) is 5.91. The second-order valence-corrected chi connectivity index (χ2v) is 8.37. The molecule has 0 bridgehead atoms. The molecule has 5 nitrogen and oxygen atoms in total. The number of hydrogen-bond acceptors (Lipinski definition) is 4. The third-order valence-electron chi connectivity index (χ3n) is 5.91. The van der Waals surface area contributed by atoms with Gasteiger partial charge in [0.1, 0.15) is 0 Å². The summed E-state index contributed by atoms with van der Waals surface area (Å²) in [6.45, 7) is 6.02. The van der Waals surface area contributed by atoms with E-state index in [1.807, 2.05) is 17.0 Å². The topological polar surface area (TPSA) is 59.2 Å². The standard InChI is InChI=1S/C22H29N3O2/c1-15(2)17-4-8-19(9-5-17)22(26)25-13-11-16(12-14-25)3-10-20-23-21(27-24-20)18-6-7-18/h4-5,8-9,15-16,18H,3,6-7,10-14H2,1-2H3. The van der Waals surface area contributed by atoms with Crippen LogP contribution in [0, 0.1) is 5.92 Å². The molecule has 1 aromatic carbocycles. The Morgan fingerprint density at radius 2 is 1.85 bits per heavy atom. The van der Waals surface area contributed by atoms with Crippen molar-refractivity contribution in [2.75, 3.05) is 13.1 Å². The van der Waals surface area contributed by atoms with Crippen LogP contribution in [-0.2, 0) is 6.42 Å². The van der Waals surface area contributed by atoms with Gasteiger partial charge in [0.05, 0.1) is 0 Å². The normalized spacial score (nSPS) is 18.3. The molecule has 1 aliphatic heterocycles. The summed E-state index contributed by atoms with van der Waals surface area (Å²) in [5, 5.41) is 4.11. The van der Waals surface area contributed by atoms with Crippen LogP contribution < -0.4 is 0 Å². The van der Waals surface area contributed by atoms with E-state index in [1.165, 1.54) is 18.4 Å². The summed E-state index contributed by atoms with van der Waals surface area (Å²) < 4.78 is 5.34. The van der Waals surface area contributed by atoms with Crippen LogP contribution >= 0.6 is 0 Å². The molecule has 4 rings (SSSR count). The summed E-state index contributed by atoms with van der Waals surface area (Å²) in [6, 6.07) is 8.09. The first-order valence-electron chi connectivity index (χ1n) is 10.3. The largest absolute Gasteiger partial charge is 0.339 e.